The van der Waals surface area contributed by atoms with E-state index < -0.39 is 0 Å². The van der Waals surface area contributed by atoms with Gasteiger partial charge in [0.15, 0.2) is 12.4 Å². The Morgan fingerprint density at radius 3 is 2.82 bits per heavy atom. The van der Waals surface area contributed by atoms with Crippen molar-refractivity contribution in [3.63, 3.8) is 0 Å². The van der Waals surface area contributed by atoms with Crippen LogP contribution in [0.3, 0.4) is 0 Å². The zero-order valence-corrected chi connectivity index (χ0v) is 16.3. The van der Waals surface area contributed by atoms with Crippen LogP contribution in [0.5, 0.6) is 5.75 Å². The Morgan fingerprint density at radius 1 is 1.14 bits per heavy atom. The summed E-state index contributed by atoms with van der Waals surface area (Å²) in [7, 11) is 0. The molecule has 0 aliphatic carbocycles. The van der Waals surface area contributed by atoms with Gasteiger partial charge in [-0.3, -0.25) is 0 Å². The van der Waals surface area contributed by atoms with Crippen molar-refractivity contribution >= 4 is 28.9 Å². The normalized spacial score (nSPS) is 11.0. The highest BCUT2D eigenvalue weighted by Gasteiger charge is 2.15. The number of ether oxygens (including phenoxy) is 1. The molecule has 142 valence electrons. The molecule has 0 spiro atoms. The average molecular weight is 416 g/mol. The number of anilines is 1. The molecular formula is C19H15Cl2N5O2. The lowest BCUT2D eigenvalue weighted by atomic mass is 10.1. The molecule has 0 aliphatic heterocycles. The number of rotatable bonds is 5. The summed E-state index contributed by atoms with van der Waals surface area (Å²) in [4.78, 5) is 4.42. The highest BCUT2D eigenvalue weighted by atomic mass is 35.5. The third-order valence-corrected chi connectivity index (χ3v) is 4.97. The Morgan fingerprint density at radius 2 is 1.96 bits per heavy atom. The highest BCUT2D eigenvalue weighted by Crippen LogP contribution is 2.31. The molecule has 0 saturated heterocycles. The summed E-state index contributed by atoms with van der Waals surface area (Å²) in [6, 6.07) is 12.5. The molecule has 2 aromatic heterocycles. The van der Waals surface area contributed by atoms with Gasteiger partial charge in [-0.05, 0) is 36.8 Å². The van der Waals surface area contributed by atoms with E-state index in [0.29, 0.717) is 38.9 Å². The van der Waals surface area contributed by atoms with E-state index in [4.69, 9.17) is 38.2 Å². The monoisotopic (exact) mass is 415 g/mol. The molecule has 0 aliphatic rings. The predicted octanol–water partition coefficient (Wildman–Crippen LogP) is 4.83. The average Bonchev–Trinajstić information content (AvgIpc) is 3.34. The molecule has 2 heterocycles. The summed E-state index contributed by atoms with van der Waals surface area (Å²) < 4.78 is 12.6. The summed E-state index contributed by atoms with van der Waals surface area (Å²) >= 11 is 12.1. The summed E-state index contributed by atoms with van der Waals surface area (Å²) in [5.41, 5.74) is 8.86. The minimum Gasteiger partial charge on any atom is -0.470 e. The molecule has 0 saturated carbocycles. The lowest BCUT2D eigenvalue weighted by molar-refractivity contribution is 0.221. The second-order valence-electron chi connectivity index (χ2n) is 6.01. The van der Waals surface area contributed by atoms with Crippen LogP contribution >= 0.6 is 23.2 Å². The molecule has 4 rings (SSSR count). The van der Waals surface area contributed by atoms with E-state index in [-0.39, 0.29) is 6.73 Å². The molecule has 0 radical (unpaired) electrons. The topological polar surface area (TPSA) is 92.0 Å². The zero-order valence-electron chi connectivity index (χ0n) is 14.8. The number of hydrogen-bond donors (Lipinski definition) is 1. The van der Waals surface area contributed by atoms with Crippen molar-refractivity contribution in [2.75, 3.05) is 5.73 Å². The second kappa shape index (κ2) is 7.53. The smallest absolute Gasteiger partial charge is 0.278 e. The maximum Gasteiger partial charge on any atom is 0.278 e. The molecule has 2 N–H and O–H groups in total. The predicted molar refractivity (Wildman–Crippen MR) is 107 cm³/mol. The first kappa shape index (κ1) is 18.3. The van der Waals surface area contributed by atoms with Crippen molar-refractivity contribution in [2.45, 2.75) is 13.7 Å². The van der Waals surface area contributed by atoms with Crippen molar-refractivity contribution < 1.29 is 9.26 Å². The minimum atomic E-state index is 0.148. The van der Waals surface area contributed by atoms with Gasteiger partial charge in [0.1, 0.15) is 10.8 Å². The molecule has 28 heavy (non-hydrogen) atoms. The van der Waals surface area contributed by atoms with Gasteiger partial charge < -0.3 is 15.0 Å². The number of aromatic nitrogens is 4. The number of nitrogen functional groups attached to an aromatic ring is 1. The maximum atomic E-state index is 6.12. The van der Waals surface area contributed by atoms with E-state index in [9.17, 15) is 0 Å². The molecule has 9 heteroatoms. The second-order valence-corrected chi connectivity index (χ2v) is 6.79. The quantitative estimate of drug-likeness (QED) is 0.469. The first-order chi connectivity index (χ1) is 13.5. The van der Waals surface area contributed by atoms with Crippen LogP contribution in [0.1, 0.15) is 5.56 Å². The van der Waals surface area contributed by atoms with Crippen molar-refractivity contribution in [1.82, 2.24) is 19.9 Å². The zero-order chi connectivity index (χ0) is 19.7. The highest BCUT2D eigenvalue weighted by molar-refractivity contribution is 6.42. The lowest BCUT2D eigenvalue weighted by Crippen LogP contribution is -2.06. The van der Waals surface area contributed by atoms with E-state index in [0.717, 1.165) is 11.1 Å². The first-order valence-corrected chi connectivity index (χ1v) is 9.08. The van der Waals surface area contributed by atoms with Crippen molar-refractivity contribution in [2.24, 2.45) is 0 Å². The fraction of sp³-hybridized carbons (Fsp3) is 0.105. The summed E-state index contributed by atoms with van der Waals surface area (Å²) in [5.74, 6) is 1.23. The van der Waals surface area contributed by atoms with Gasteiger partial charge in [-0.1, -0.05) is 46.6 Å². The molecule has 0 amide bonds. The molecule has 0 fully saturated rings. The molecular weight excluding hydrogens is 401 g/mol. The van der Waals surface area contributed by atoms with E-state index in [1.807, 2.05) is 25.1 Å². The lowest BCUT2D eigenvalue weighted by Gasteiger charge is -2.08. The molecule has 4 aromatic rings. The van der Waals surface area contributed by atoms with Gasteiger partial charge in [0.2, 0.25) is 5.82 Å². The molecule has 7 nitrogen and oxygen atoms in total. The fourth-order valence-corrected chi connectivity index (χ4v) is 2.96. The molecule has 0 atom stereocenters. The van der Waals surface area contributed by atoms with Gasteiger partial charge in [0.25, 0.3) is 5.89 Å². The number of nitrogens with two attached hydrogens (primary N) is 1. The van der Waals surface area contributed by atoms with Crippen LogP contribution in [0.25, 0.3) is 23.0 Å². The Bertz CT molecular complexity index is 1140. The van der Waals surface area contributed by atoms with Crippen LogP contribution in [0.2, 0.25) is 10.0 Å². The maximum absolute atomic E-state index is 6.12. The molecule has 0 bridgehead atoms. The van der Waals surface area contributed by atoms with Crippen LogP contribution in [0, 0.1) is 6.92 Å². The van der Waals surface area contributed by atoms with Crippen LogP contribution in [0.15, 0.2) is 53.2 Å². The van der Waals surface area contributed by atoms with Crippen molar-refractivity contribution in [1.29, 1.82) is 0 Å². The van der Waals surface area contributed by atoms with Gasteiger partial charge in [-0.25, -0.2) is 4.68 Å². The van der Waals surface area contributed by atoms with Crippen LogP contribution in [-0.4, -0.2) is 19.9 Å². The summed E-state index contributed by atoms with van der Waals surface area (Å²) in [6.45, 7) is 2.06. The van der Waals surface area contributed by atoms with Crippen LogP contribution < -0.4 is 10.5 Å². The summed E-state index contributed by atoms with van der Waals surface area (Å²) in [6.07, 6.45) is 1.74. The Kier molecular flexibility index (Phi) is 4.93. The number of nitrogens with zero attached hydrogens (tertiary/aromatic N) is 4. The third kappa shape index (κ3) is 3.54. The van der Waals surface area contributed by atoms with E-state index in [2.05, 4.69) is 15.2 Å². The fourth-order valence-electron chi connectivity index (χ4n) is 2.61. The van der Waals surface area contributed by atoms with E-state index >= 15 is 0 Å². The van der Waals surface area contributed by atoms with Crippen LogP contribution in [0.4, 0.5) is 5.69 Å². The summed E-state index contributed by atoms with van der Waals surface area (Å²) in [5, 5.41) is 9.21. The number of hydrogen-bond acceptors (Lipinski definition) is 6. The first-order valence-electron chi connectivity index (χ1n) is 8.33. The van der Waals surface area contributed by atoms with Gasteiger partial charge >= 0.3 is 0 Å². The number of benzene rings is 2. The van der Waals surface area contributed by atoms with Crippen molar-refractivity contribution in [3.8, 4) is 28.7 Å². The van der Waals surface area contributed by atoms with E-state index in [1.165, 1.54) is 0 Å². The Labute approximate surface area is 170 Å². The van der Waals surface area contributed by atoms with E-state index in [1.54, 1.807) is 35.1 Å². The largest absolute Gasteiger partial charge is 0.470 e. The Hall–Kier alpha value is -3.03. The van der Waals surface area contributed by atoms with Crippen LogP contribution in [-0.2, 0) is 6.73 Å². The molecule has 2 aromatic carbocycles. The van der Waals surface area contributed by atoms with Gasteiger partial charge in [0.05, 0.1) is 5.02 Å². The third-order valence-electron chi connectivity index (χ3n) is 4.17. The van der Waals surface area contributed by atoms with Gasteiger partial charge in [-0.2, -0.15) is 10.1 Å². The van der Waals surface area contributed by atoms with Crippen molar-refractivity contribution in [3.05, 3.63) is 64.3 Å². The van der Waals surface area contributed by atoms with Gasteiger partial charge in [0, 0.05) is 17.4 Å². The van der Waals surface area contributed by atoms with Gasteiger partial charge in [-0.15, -0.1) is 0 Å². The number of halogens is 2. The Balaban J connectivity index is 1.51. The minimum absolute atomic E-state index is 0.148. The molecule has 0 unspecified atom stereocenters. The standard InChI is InChI=1S/C19H15Cl2N5O2/c1-11-12(4-2-6-14(11)22)18-23-19(28-25-18)15-8-9-26(24-15)10-27-16-7-3-5-13(20)17(16)21/h2-9H,10,22H2,1H3. The SMILES string of the molecule is Cc1c(N)cccc1-c1noc(-c2ccn(COc3cccc(Cl)c3Cl)n2)n1.